The summed E-state index contributed by atoms with van der Waals surface area (Å²) in [5.74, 6) is 1.34. The van der Waals surface area contributed by atoms with Crippen molar-refractivity contribution in [3.63, 3.8) is 0 Å². The quantitative estimate of drug-likeness (QED) is 0.294. The molecular formula is C31H31N3O2. The maximum atomic E-state index is 14.0. The lowest BCUT2D eigenvalue weighted by Crippen LogP contribution is -2.28. The van der Waals surface area contributed by atoms with Crippen molar-refractivity contribution in [3.05, 3.63) is 111 Å². The van der Waals surface area contributed by atoms with Gasteiger partial charge in [-0.05, 0) is 56.0 Å². The molecule has 0 aliphatic heterocycles. The van der Waals surface area contributed by atoms with Gasteiger partial charge in [-0.15, -0.1) is 0 Å². The third kappa shape index (κ3) is 5.23. The maximum absolute atomic E-state index is 14.0. The standard InChI is InChI=1S/C31H31N3O2/c1-5-11-30-28(18-24-14-9-17-27(29(24)20-32)23-12-7-6-8-13-23)31(35)34(22(4)33-30)25-15-10-16-26(19-25)36-21(2)3/h6-10,12-17,19,21H,5,11,18H2,1-4H3. The molecule has 0 spiro atoms. The minimum absolute atomic E-state index is 0.0278. The van der Waals surface area contributed by atoms with Gasteiger partial charge in [-0.25, -0.2) is 4.98 Å². The smallest absolute Gasteiger partial charge is 0.261 e. The van der Waals surface area contributed by atoms with Gasteiger partial charge in [0.2, 0.25) is 0 Å². The lowest BCUT2D eigenvalue weighted by Gasteiger charge is -2.17. The molecule has 0 aliphatic carbocycles. The van der Waals surface area contributed by atoms with E-state index in [-0.39, 0.29) is 11.7 Å². The zero-order valence-electron chi connectivity index (χ0n) is 21.3. The molecule has 182 valence electrons. The molecule has 0 radical (unpaired) electrons. The molecule has 5 nitrogen and oxygen atoms in total. The van der Waals surface area contributed by atoms with Crippen LogP contribution in [0.25, 0.3) is 16.8 Å². The van der Waals surface area contributed by atoms with Gasteiger partial charge in [-0.2, -0.15) is 5.26 Å². The summed E-state index contributed by atoms with van der Waals surface area (Å²) in [7, 11) is 0. The van der Waals surface area contributed by atoms with Crippen LogP contribution in [-0.4, -0.2) is 15.7 Å². The first-order chi connectivity index (χ1) is 17.4. The van der Waals surface area contributed by atoms with Crippen LogP contribution in [0.1, 0.15) is 55.4 Å². The average Bonchev–Trinajstić information content (AvgIpc) is 2.86. The van der Waals surface area contributed by atoms with Crippen LogP contribution in [0, 0.1) is 18.3 Å². The number of aryl methyl sites for hydroxylation is 2. The molecule has 4 aromatic rings. The van der Waals surface area contributed by atoms with Crippen LogP contribution in [0.4, 0.5) is 0 Å². The van der Waals surface area contributed by atoms with Crippen LogP contribution in [0.3, 0.4) is 0 Å². The molecule has 1 aromatic heterocycles. The number of aromatic nitrogens is 2. The predicted molar refractivity (Wildman–Crippen MR) is 144 cm³/mol. The third-order valence-corrected chi connectivity index (χ3v) is 6.08. The first-order valence-electron chi connectivity index (χ1n) is 12.4. The van der Waals surface area contributed by atoms with E-state index in [4.69, 9.17) is 9.72 Å². The maximum Gasteiger partial charge on any atom is 0.261 e. The van der Waals surface area contributed by atoms with E-state index in [0.717, 1.165) is 28.8 Å². The first kappa shape index (κ1) is 24.9. The lowest BCUT2D eigenvalue weighted by molar-refractivity contribution is 0.242. The minimum atomic E-state index is -0.110. The topological polar surface area (TPSA) is 67.9 Å². The fraction of sp³-hybridized carbons (Fsp3) is 0.258. The second-order valence-corrected chi connectivity index (χ2v) is 9.13. The molecule has 0 unspecified atom stereocenters. The molecule has 0 fully saturated rings. The largest absolute Gasteiger partial charge is 0.491 e. The second-order valence-electron chi connectivity index (χ2n) is 9.13. The molecule has 4 rings (SSSR count). The number of ether oxygens (including phenoxy) is 1. The van der Waals surface area contributed by atoms with Gasteiger partial charge >= 0.3 is 0 Å². The lowest BCUT2D eigenvalue weighted by atomic mass is 9.92. The summed E-state index contributed by atoms with van der Waals surface area (Å²) in [6, 6.07) is 25.6. The summed E-state index contributed by atoms with van der Waals surface area (Å²) in [6.45, 7) is 7.88. The molecule has 3 aromatic carbocycles. The number of hydrogen-bond donors (Lipinski definition) is 0. The molecule has 0 saturated heterocycles. The third-order valence-electron chi connectivity index (χ3n) is 6.08. The highest BCUT2D eigenvalue weighted by atomic mass is 16.5. The van der Waals surface area contributed by atoms with Gasteiger partial charge in [0, 0.05) is 18.1 Å². The molecule has 36 heavy (non-hydrogen) atoms. The Hall–Kier alpha value is -4.17. The Morgan fingerprint density at radius 2 is 1.78 bits per heavy atom. The Bertz CT molecular complexity index is 1460. The van der Waals surface area contributed by atoms with Gasteiger partial charge in [0.25, 0.3) is 5.56 Å². The fourth-order valence-corrected chi connectivity index (χ4v) is 4.54. The van der Waals surface area contributed by atoms with Gasteiger partial charge < -0.3 is 4.74 Å². The molecule has 0 saturated carbocycles. The van der Waals surface area contributed by atoms with Crippen molar-refractivity contribution in [2.75, 3.05) is 0 Å². The molecule has 0 aliphatic rings. The van der Waals surface area contributed by atoms with Crippen molar-refractivity contribution < 1.29 is 4.74 Å². The van der Waals surface area contributed by atoms with Crippen molar-refractivity contribution in [2.45, 2.75) is 53.1 Å². The van der Waals surface area contributed by atoms with E-state index in [9.17, 15) is 10.1 Å². The van der Waals surface area contributed by atoms with Gasteiger partial charge in [-0.1, -0.05) is 67.9 Å². The fourth-order valence-electron chi connectivity index (χ4n) is 4.54. The highest BCUT2D eigenvalue weighted by Crippen LogP contribution is 2.27. The molecule has 5 heteroatoms. The summed E-state index contributed by atoms with van der Waals surface area (Å²) >= 11 is 0. The van der Waals surface area contributed by atoms with E-state index in [1.165, 1.54) is 0 Å². The van der Waals surface area contributed by atoms with Crippen molar-refractivity contribution in [2.24, 2.45) is 0 Å². The Kier molecular flexibility index (Phi) is 7.65. The van der Waals surface area contributed by atoms with Crippen LogP contribution in [-0.2, 0) is 12.8 Å². The Morgan fingerprint density at radius 1 is 1.03 bits per heavy atom. The summed E-state index contributed by atoms with van der Waals surface area (Å²) < 4.78 is 7.51. The Morgan fingerprint density at radius 3 is 2.47 bits per heavy atom. The van der Waals surface area contributed by atoms with Gasteiger partial charge in [0.05, 0.1) is 23.0 Å². The second kappa shape index (κ2) is 11.0. The predicted octanol–water partition coefficient (Wildman–Crippen LogP) is 6.41. The molecule has 0 N–H and O–H groups in total. The van der Waals surface area contributed by atoms with Crippen molar-refractivity contribution in [1.82, 2.24) is 9.55 Å². The highest BCUT2D eigenvalue weighted by molar-refractivity contribution is 5.72. The number of nitriles is 1. The van der Waals surface area contributed by atoms with Crippen LogP contribution >= 0.6 is 0 Å². The zero-order valence-corrected chi connectivity index (χ0v) is 21.3. The Balaban J connectivity index is 1.86. The van der Waals surface area contributed by atoms with E-state index in [0.29, 0.717) is 41.2 Å². The zero-order chi connectivity index (χ0) is 25.7. The highest BCUT2D eigenvalue weighted by Gasteiger charge is 2.19. The van der Waals surface area contributed by atoms with Crippen molar-refractivity contribution in [1.29, 1.82) is 5.26 Å². The summed E-state index contributed by atoms with van der Waals surface area (Å²) in [6.07, 6.45) is 1.94. The molecule has 1 heterocycles. The van der Waals surface area contributed by atoms with Crippen LogP contribution in [0.15, 0.2) is 77.6 Å². The summed E-state index contributed by atoms with van der Waals surface area (Å²) in [4.78, 5) is 18.8. The molecule has 0 bridgehead atoms. The summed E-state index contributed by atoms with van der Waals surface area (Å²) in [5.41, 5.74) is 5.27. The van der Waals surface area contributed by atoms with Crippen molar-refractivity contribution >= 4 is 0 Å². The Labute approximate surface area is 212 Å². The van der Waals surface area contributed by atoms with Crippen LogP contribution in [0.2, 0.25) is 0 Å². The summed E-state index contributed by atoms with van der Waals surface area (Å²) in [5, 5.41) is 10.1. The van der Waals surface area contributed by atoms with Gasteiger partial charge in [-0.3, -0.25) is 9.36 Å². The monoisotopic (exact) mass is 477 g/mol. The minimum Gasteiger partial charge on any atom is -0.491 e. The van der Waals surface area contributed by atoms with E-state index >= 15 is 0 Å². The number of nitrogens with zero attached hydrogens (tertiary/aromatic N) is 3. The average molecular weight is 478 g/mol. The van der Waals surface area contributed by atoms with Crippen LogP contribution in [0.5, 0.6) is 5.75 Å². The van der Waals surface area contributed by atoms with Gasteiger partial charge in [0.1, 0.15) is 17.6 Å². The number of rotatable bonds is 8. The van der Waals surface area contributed by atoms with Gasteiger partial charge in [0.15, 0.2) is 0 Å². The normalized spacial score (nSPS) is 10.9. The van der Waals surface area contributed by atoms with E-state index in [1.807, 2.05) is 93.6 Å². The molecular weight excluding hydrogens is 446 g/mol. The van der Waals surface area contributed by atoms with E-state index in [2.05, 4.69) is 13.0 Å². The van der Waals surface area contributed by atoms with Crippen LogP contribution < -0.4 is 10.3 Å². The SMILES string of the molecule is CCCc1nc(C)n(-c2cccc(OC(C)C)c2)c(=O)c1Cc1cccc(-c2ccccc2)c1C#N. The first-order valence-corrected chi connectivity index (χ1v) is 12.4. The van der Waals surface area contributed by atoms with Crippen molar-refractivity contribution in [3.8, 4) is 28.6 Å². The molecule has 0 amide bonds. The van der Waals surface area contributed by atoms with E-state index < -0.39 is 0 Å². The van der Waals surface area contributed by atoms with E-state index in [1.54, 1.807) is 4.57 Å². The number of hydrogen-bond acceptors (Lipinski definition) is 4. The number of benzene rings is 3. The molecule has 0 atom stereocenters.